The summed E-state index contributed by atoms with van der Waals surface area (Å²) in [6.45, 7) is 13.4. The molecule has 412 valence electrons. The number of nitrogens with zero attached hydrogens (tertiary/aromatic N) is 1. The van der Waals surface area contributed by atoms with Crippen LogP contribution in [0.15, 0.2) is 47.6 Å². The molecule has 73 heavy (non-hydrogen) atoms. The smallest absolute Gasteiger partial charge is 0.329 e. The van der Waals surface area contributed by atoms with Gasteiger partial charge in [-0.25, -0.2) is 4.79 Å². The number of amides is 1. The molecule has 4 N–H and O–H groups in total. The van der Waals surface area contributed by atoms with Gasteiger partial charge in [0.2, 0.25) is 11.5 Å². The highest BCUT2D eigenvalue weighted by Crippen LogP contribution is 2.38. The number of hydrogen-bond acceptors (Lipinski definition) is 16. The summed E-state index contributed by atoms with van der Waals surface area (Å²) < 4.78 is 66.7. The SMILES string of the molecule is [2H]OCC(C)(CO[2H])C(=O)O[C@@H]1CC[C@@H](C[C@@H](C)[C@@H]2CC(=O)[C@H](C)/C=C(\C)[C@@H](O[2H])[C@@H](OC)C(=O)[C@H](C)C[C@H](C)/C=C/C=C/C=C(\C)[C@@H](OC)C[C@@H]3CC[C@@H](C)[C@@](O[2H])(O3)C(=O)C(=O)N3CCCC[C@H]3C(=O)O2)C[C@H]1OC. The largest absolute Gasteiger partial charge is 0.460 e. The van der Waals surface area contributed by atoms with Crippen molar-refractivity contribution in [3.05, 3.63) is 47.6 Å². The minimum atomic E-state index is -2.27. The van der Waals surface area contributed by atoms with Crippen LogP contribution in [0.2, 0.25) is 0 Å². The van der Waals surface area contributed by atoms with Gasteiger partial charge in [0.1, 0.15) is 41.7 Å². The van der Waals surface area contributed by atoms with Gasteiger partial charge in [-0.05, 0) is 114 Å². The Morgan fingerprint density at radius 2 is 1.63 bits per heavy atom. The molecular weight excluding hydrogens is 943 g/mol. The second-order valence-electron chi connectivity index (χ2n) is 21.8. The molecule has 17 nitrogen and oxygen atoms in total. The Labute approximate surface area is 439 Å². The van der Waals surface area contributed by atoms with Crippen LogP contribution >= 0.6 is 0 Å². The zero-order valence-corrected chi connectivity index (χ0v) is 45.1. The maximum atomic E-state index is 14.7. The van der Waals surface area contributed by atoms with Gasteiger partial charge in [0, 0.05) is 58.5 Å². The molecule has 0 radical (unpaired) electrons. The monoisotopic (exact) mass is 1030 g/mol. The van der Waals surface area contributed by atoms with E-state index in [0.717, 1.165) is 5.57 Å². The molecule has 0 aromatic rings. The lowest BCUT2D eigenvalue weighted by Gasteiger charge is -2.42. The molecular formula is C56H87NO16. The molecule has 2 saturated heterocycles. The number of piperidine rings is 1. The van der Waals surface area contributed by atoms with Gasteiger partial charge in [0.05, 0.1) is 31.5 Å². The lowest BCUT2D eigenvalue weighted by Crippen LogP contribution is -2.61. The van der Waals surface area contributed by atoms with Crippen LogP contribution in [0.4, 0.5) is 0 Å². The summed E-state index contributed by atoms with van der Waals surface area (Å²) in [5.74, 6) is -9.07. The lowest BCUT2D eigenvalue weighted by atomic mass is 9.78. The predicted molar refractivity (Wildman–Crippen MR) is 271 cm³/mol. The normalized spacial score (nSPS) is 38.2. The number of fused-ring (bicyclic) bond motifs is 3. The fraction of sp³-hybridized carbons (Fsp3) is 0.750. The molecule has 1 aliphatic carbocycles. The van der Waals surface area contributed by atoms with E-state index in [-0.39, 0.29) is 62.4 Å². The number of Topliss-reactive ketones (excluding diaryl/α,β-unsaturated/α-hetero) is 3. The number of rotatable bonds is 14. The van der Waals surface area contributed by atoms with E-state index >= 15 is 0 Å². The molecule has 0 aromatic heterocycles. The standard InChI is InChI=1S/C56H87NO16/c1-33-17-13-12-14-18-34(2)45(68-9)29-41-22-20-39(7)56(67,73-41)51(63)52(64)57-24-16-15-19-42(57)53(65)71-46(30-43(60)35(3)26-38(6)49(62)50(70-11)48(61)37(5)25-33)36(4)27-40-21-23-44(47(28-40)69-10)72-54(66)55(8,31-58)32-59/h12-14,17-18,26,33,35-37,39-42,44-47,49-50,58-59,62,67H,15-16,19-25,27-32H2,1-11H3/b14-12+,17-13+,34-18+,38-26+/t33-,35-,36-,37-,39-,40+,41+,42+,44-,45+,46+,47-,49-,50+,56-/m1/s1/i58D,59D,62D,67D. The van der Waals surface area contributed by atoms with Crippen molar-refractivity contribution in [2.24, 2.45) is 40.9 Å². The number of esters is 2. The molecule has 2 bridgehead atoms. The Hall–Kier alpha value is -3.94. The quantitative estimate of drug-likeness (QED) is 0.0924. The number of hydrogen-bond donors (Lipinski definition) is 4. The molecule has 3 aliphatic heterocycles. The number of carbonyl (C=O) groups excluding carboxylic acids is 6. The van der Waals surface area contributed by atoms with E-state index < -0.39 is 107 Å². The van der Waals surface area contributed by atoms with Crippen molar-refractivity contribution in [2.75, 3.05) is 41.1 Å². The van der Waals surface area contributed by atoms with Gasteiger partial charge in [0.15, 0.2) is 5.78 Å². The fourth-order valence-electron chi connectivity index (χ4n) is 10.6. The van der Waals surface area contributed by atoms with Crippen molar-refractivity contribution in [3.63, 3.8) is 0 Å². The van der Waals surface area contributed by atoms with Gasteiger partial charge >= 0.3 is 11.9 Å². The molecule has 1 saturated carbocycles. The third kappa shape index (κ3) is 16.0. The van der Waals surface area contributed by atoms with Crippen LogP contribution in [0.1, 0.15) is 132 Å². The third-order valence-electron chi connectivity index (χ3n) is 15.8. The zero-order valence-electron chi connectivity index (χ0n) is 49.1. The number of methoxy groups -OCH3 is 3. The first kappa shape index (κ1) is 55.3. The Bertz CT molecular complexity index is 2100. The Morgan fingerprint density at radius 3 is 2.29 bits per heavy atom. The van der Waals surface area contributed by atoms with Crippen molar-refractivity contribution in [1.82, 2.24) is 4.90 Å². The number of aliphatic hydroxyl groups is 4. The van der Waals surface area contributed by atoms with Crippen molar-refractivity contribution in [3.8, 4) is 0 Å². The number of ether oxygens (including phenoxy) is 6. The molecule has 0 unspecified atom stereocenters. The fourth-order valence-corrected chi connectivity index (χ4v) is 10.6. The highest BCUT2D eigenvalue weighted by Gasteiger charge is 2.53. The van der Waals surface area contributed by atoms with Crippen LogP contribution in [-0.2, 0) is 57.2 Å². The topological polar surface area (TPSA) is 242 Å². The van der Waals surface area contributed by atoms with Crippen molar-refractivity contribution >= 4 is 35.2 Å². The van der Waals surface area contributed by atoms with Gasteiger partial charge in [0.25, 0.3) is 11.7 Å². The van der Waals surface area contributed by atoms with E-state index in [4.69, 9.17) is 44.4 Å². The summed E-state index contributed by atoms with van der Waals surface area (Å²) in [5.41, 5.74) is -0.137. The van der Waals surface area contributed by atoms with E-state index in [1.54, 1.807) is 40.9 Å². The van der Waals surface area contributed by atoms with Crippen LogP contribution in [0.25, 0.3) is 0 Å². The number of aliphatic hydroxyl groups excluding tert-OH is 3. The summed E-state index contributed by atoms with van der Waals surface area (Å²) in [7, 11) is 4.45. The van der Waals surface area contributed by atoms with Gasteiger partial charge in [-0.3, -0.25) is 24.0 Å². The van der Waals surface area contributed by atoms with E-state index in [9.17, 15) is 28.8 Å². The summed E-state index contributed by atoms with van der Waals surface area (Å²) in [6, 6.07) is -1.22. The number of allylic oxidation sites excluding steroid dienone is 6. The number of cyclic esters (lactones) is 1. The average Bonchev–Trinajstić information content (AvgIpc) is 3.41. The molecule has 0 aromatic carbocycles. The summed E-state index contributed by atoms with van der Waals surface area (Å²) in [5, 5.41) is 19.3. The van der Waals surface area contributed by atoms with Gasteiger partial charge in [-0.1, -0.05) is 71.1 Å². The highest BCUT2D eigenvalue weighted by atomic mass is 16.6. The van der Waals surface area contributed by atoms with Crippen LogP contribution in [0.3, 0.4) is 0 Å². The maximum absolute atomic E-state index is 14.7. The van der Waals surface area contributed by atoms with Gasteiger partial charge in [-0.2, -0.15) is 0 Å². The van der Waals surface area contributed by atoms with Crippen LogP contribution in [0.5, 0.6) is 0 Å². The van der Waals surface area contributed by atoms with E-state index in [1.807, 2.05) is 51.2 Å². The minimum absolute atomic E-state index is 0.0204. The summed E-state index contributed by atoms with van der Waals surface area (Å²) >= 11 is 0. The van der Waals surface area contributed by atoms with Crippen molar-refractivity contribution in [2.45, 2.75) is 187 Å². The maximum Gasteiger partial charge on any atom is 0.329 e. The zero-order chi connectivity index (χ0) is 57.2. The molecule has 17 heteroatoms. The van der Waals surface area contributed by atoms with Crippen LogP contribution in [0, 0.1) is 40.9 Å². The number of ketones is 3. The first-order valence-corrected chi connectivity index (χ1v) is 26.3. The summed E-state index contributed by atoms with van der Waals surface area (Å²) in [6.07, 6.45) is 9.87. The second kappa shape index (κ2) is 28.3. The van der Waals surface area contributed by atoms with E-state index in [0.29, 0.717) is 63.4 Å². The Morgan fingerprint density at radius 1 is 0.890 bits per heavy atom. The Kier molecular flexibility index (Phi) is 21.4. The third-order valence-corrected chi connectivity index (χ3v) is 15.8. The molecule has 3 heterocycles. The van der Waals surface area contributed by atoms with E-state index in [2.05, 4.69) is 10.2 Å². The average molecular weight is 1030 g/mol. The predicted octanol–water partition coefficient (Wildman–Crippen LogP) is 5.72. The van der Waals surface area contributed by atoms with Crippen molar-refractivity contribution < 1.29 is 77.6 Å². The van der Waals surface area contributed by atoms with Crippen LogP contribution < -0.4 is 0 Å². The molecule has 4 rings (SSSR count). The highest BCUT2D eigenvalue weighted by molar-refractivity contribution is 6.39. The molecule has 3 fully saturated rings. The molecule has 1 amide bonds. The van der Waals surface area contributed by atoms with Gasteiger partial charge < -0.3 is 53.8 Å². The molecule has 15 atom stereocenters. The minimum Gasteiger partial charge on any atom is -0.460 e. The summed E-state index contributed by atoms with van der Waals surface area (Å²) in [4.78, 5) is 86.7. The first-order valence-electron chi connectivity index (χ1n) is 27.9. The van der Waals surface area contributed by atoms with Gasteiger partial charge in [-0.15, -0.1) is 0 Å². The van der Waals surface area contributed by atoms with Crippen LogP contribution in [-0.4, -0.2) is 162 Å². The lowest BCUT2D eigenvalue weighted by molar-refractivity contribution is -0.265. The number of carbonyl (C=O) groups is 6. The van der Waals surface area contributed by atoms with E-state index in [1.165, 1.54) is 26.0 Å². The molecule has 4 aliphatic rings. The second-order valence-corrected chi connectivity index (χ2v) is 21.8. The first-order chi connectivity index (χ1) is 36.6. The Balaban J connectivity index is 1.72. The molecule has 0 spiro atoms. The van der Waals surface area contributed by atoms with Crippen molar-refractivity contribution in [1.29, 1.82) is 5.72 Å².